The third-order valence-corrected chi connectivity index (χ3v) is 7.86. The second kappa shape index (κ2) is 6.94. The van der Waals surface area contributed by atoms with E-state index in [4.69, 9.17) is 9.47 Å². The summed E-state index contributed by atoms with van der Waals surface area (Å²) < 4.78 is 12.0. The summed E-state index contributed by atoms with van der Waals surface area (Å²) in [6.45, 7) is 0. The lowest BCUT2D eigenvalue weighted by Gasteiger charge is -2.44. The summed E-state index contributed by atoms with van der Waals surface area (Å²) >= 11 is 3.75. The molecule has 3 aliphatic rings. The number of carbonyl (C=O) groups is 1. The van der Waals surface area contributed by atoms with Crippen molar-refractivity contribution in [1.29, 1.82) is 0 Å². The Hall–Kier alpha value is -2.21. The maximum absolute atomic E-state index is 11.5. The molecule has 2 bridgehead atoms. The number of hydrogen-bond donors (Lipinski definition) is 2. The van der Waals surface area contributed by atoms with E-state index in [2.05, 4.69) is 27.3 Å². The number of nitrogens with one attached hydrogen (secondary N) is 1. The van der Waals surface area contributed by atoms with Gasteiger partial charge in [-0.25, -0.2) is 4.79 Å². The molecule has 0 radical (unpaired) electrons. The zero-order chi connectivity index (χ0) is 20.3. The van der Waals surface area contributed by atoms with Gasteiger partial charge in [0, 0.05) is 10.2 Å². The normalized spacial score (nSPS) is 29.0. The van der Waals surface area contributed by atoms with Gasteiger partial charge >= 0.3 is 5.97 Å². The molecule has 5 nitrogen and oxygen atoms in total. The Morgan fingerprint density at radius 2 is 1.79 bits per heavy atom. The number of methoxy groups -OCH3 is 2. The number of hydrogen-bond acceptors (Lipinski definition) is 4. The first-order chi connectivity index (χ1) is 14.0. The summed E-state index contributed by atoms with van der Waals surface area (Å²) in [4.78, 5) is 11.5. The minimum absolute atomic E-state index is 0.146. The standard InChI is InChI=1S/C23H24BrNO4/c1-28-18-9-14(16(24)10-19(18)29-2)22-21-12-4-3-11(7-12)20(21)15-8-13(23(26)27)5-6-17(15)25-22/h5-6,8-12,20-22,25H,3-4,7H2,1-2H3,(H,26,27)/t11-,12-,20+,21+,22-/m0/s1. The molecule has 0 spiro atoms. The van der Waals surface area contributed by atoms with Crippen LogP contribution in [-0.4, -0.2) is 25.3 Å². The Bertz CT molecular complexity index is 991. The molecule has 0 unspecified atom stereocenters. The number of fused-ring (bicyclic) bond motifs is 7. The Kier molecular flexibility index (Phi) is 4.50. The molecule has 2 fully saturated rings. The fourth-order valence-corrected chi connectivity index (χ4v) is 6.61. The number of carboxylic acids is 1. The van der Waals surface area contributed by atoms with Crippen LogP contribution in [0.25, 0.3) is 0 Å². The molecular weight excluding hydrogens is 434 g/mol. The first-order valence-electron chi connectivity index (χ1n) is 10.1. The van der Waals surface area contributed by atoms with Crippen LogP contribution in [0.3, 0.4) is 0 Å². The molecular formula is C23H24BrNO4. The van der Waals surface area contributed by atoms with Gasteiger partial charge in [-0.1, -0.05) is 15.9 Å². The molecule has 6 heteroatoms. The fourth-order valence-electron chi connectivity index (χ4n) is 6.04. The average molecular weight is 458 g/mol. The van der Waals surface area contributed by atoms with Crippen LogP contribution in [0.1, 0.15) is 52.7 Å². The molecule has 5 rings (SSSR count). The van der Waals surface area contributed by atoms with E-state index in [1.165, 1.54) is 24.8 Å². The smallest absolute Gasteiger partial charge is 0.335 e. The van der Waals surface area contributed by atoms with Crippen LogP contribution in [-0.2, 0) is 0 Å². The van der Waals surface area contributed by atoms with Crippen molar-refractivity contribution in [2.45, 2.75) is 31.2 Å². The quantitative estimate of drug-likeness (QED) is 0.637. The highest BCUT2D eigenvalue weighted by Gasteiger charge is 2.54. The van der Waals surface area contributed by atoms with E-state index in [0.717, 1.165) is 21.5 Å². The van der Waals surface area contributed by atoms with Crippen molar-refractivity contribution < 1.29 is 19.4 Å². The molecule has 0 saturated heterocycles. The van der Waals surface area contributed by atoms with Crippen LogP contribution < -0.4 is 14.8 Å². The molecule has 29 heavy (non-hydrogen) atoms. The van der Waals surface area contributed by atoms with E-state index < -0.39 is 5.97 Å². The highest BCUT2D eigenvalue weighted by atomic mass is 79.9. The lowest BCUT2D eigenvalue weighted by Crippen LogP contribution is -2.35. The van der Waals surface area contributed by atoms with Gasteiger partial charge < -0.3 is 19.9 Å². The highest BCUT2D eigenvalue weighted by Crippen LogP contribution is 2.64. The molecule has 2 aromatic carbocycles. The number of aromatic carboxylic acids is 1. The Morgan fingerprint density at radius 3 is 2.52 bits per heavy atom. The van der Waals surface area contributed by atoms with Gasteiger partial charge in [0.1, 0.15) is 0 Å². The molecule has 152 valence electrons. The third-order valence-electron chi connectivity index (χ3n) is 7.17. The van der Waals surface area contributed by atoms with Gasteiger partial charge in [-0.05, 0) is 84.4 Å². The van der Waals surface area contributed by atoms with Crippen molar-refractivity contribution in [2.24, 2.45) is 17.8 Å². The van der Waals surface area contributed by atoms with Gasteiger partial charge in [0.2, 0.25) is 0 Å². The van der Waals surface area contributed by atoms with E-state index in [9.17, 15) is 9.90 Å². The number of rotatable bonds is 4. The van der Waals surface area contributed by atoms with Gasteiger partial charge in [-0.15, -0.1) is 0 Å². The first-order valence-corrected chi connectivity index (χ1v) is 10.9. The van der Waals surface area contributed by atoms with E-state index in [-0.39, 0.29) is 6.04 Å². The maximum Gasteiger partial charge on any atom is 0.335 e. The highest BCUT2D eigenvalue weighted by molar-refractivity contribution is 9.10. The number of anilines is 1. The number of carboxylic acid groups (broad SMARTS) is 1. The SMILES string of the molecule is COc1cc(Br)c([C@@H]2Nc3ccc(C(=O)O)cc3[C@H]3[C@H]4CC[C@@H](C4)[C@H]32)cc1OC. The van der Waals surface area contributed by atoms with Crippen LogP contribution in [0, 0.1) is 17.8 Å². The van der Waals surface area contributed by atoms with Crippen molar-refractivity contribution in [3.8, 4) is 11.5 Å². The molecule has 0 aromatic heterocycles. The molecule has 1 heterocycles. The lowest BCUT2D eigenvalue weighted by molar-refractivity contribution is 0.0696. The molecule has 2 aromatic rings. The van der Waals surface area contributed by atoms with Crippen molar-refractivity contribution in [3.63, 3.8) is 0 Å². The molecule has 2 N–H and O–H groups in total. The fraction of sp³-hybridized carbons (Fsp3) is 0.435. The number of benzene rings is 2. The zero-order valence-electron chi connectivity index (χ0n) is 16.4. The van der Waals surface area contributed by atoms with E-state index in [1.54, 1.807) is 20.3 Å². The summed E-state index contributed by atoms with van der Waals surface area (Å²) in [5.41, 5.74) is 3.77. The first kappa shape index (κ1) is 18.8. The van der Waals surface area contributed by atoms with E-state index in [0.29, 0.717) is 35.0 Å². The lowest BCUT2D eigenvalue weighted by atomic mass is 9.68. The molecule has 2 aliphatic carbocycles. The zero-order valence-corrected chi connectivity index (χ0v) is 18.0. The molecule has 5 atom stereocenters. The minimum Gasteiger partial charge on any atom is -0.493 e. The maximum atomic E-state index is 11.5. The predicted octanol–water partition coefficient (Wildman–Crippen LogP) is 5.46. The van der Waals surface area contributed by atoms with Gasteiger partial charge in [0.25, 0.3) is 0 Å². The van der Waals surface area contributed by atoms with Crippen LogP contribution in [0.2, 0.25) is 0 Å². The van der Waals surface area contributed by atoms with Crippen LogP contribution >= 0.6 is 15.9 Å². The van der Waals surface area contributed by atoms with Gasteiger partial charge in [0.05, 0.1) is 25.8 Å². The number of halogens is 1. The predicted molar refractivity (Wildman–Crippen MR) is 114 cm³/mol. The Labute approximate surface area is 178 Å². The van der Waals surface area contributed by atoms with E-state index >= 15 is 0 Å². The Morgan fingerprint density at radius 1 is 1.07 bits per heavy atom. The number of ether oxygens (including phenoxy) is 2. The van der Waals surface area contributed by atoms with Crippen molar-refractivity contribution in [1.82, 2.24) is 0 Å². The van der Waals surface area contributed by atoms with Gasteiger partial charge in [-0.2, -0.15) is 0 Å². The topological polar surface area (TPSA) is 67.8 Å². The van der Waals surface area contributed by atoms with Crippen molar-refractivity contribution >= 4 is 27.6 Å². The summed E-state index contributed by atoms with van der Waals surface area (Å²) in [5.74, 6) is 2.70. The Balaban J connectivity index is 1.63. The van der Waals surface area contributed by atoms with E-state index in [1.807, 2.05) is 18.2 Å². The second-order valence-electron chi connectivity index (χ2n) is 8.39. The van der Waals surface area contributed by atoms with Crippen molar-refractivity contribution in [2.75, 3.05) is 19.5 Å². The third kappa shape index (κ3) is 2.83. The summed E-state index contributed by atoms with van der Waals surface area (Å²) in [6.07, 6.45) is 3.72. The largest absolute Gasteiger partial charge is 0.493 e. The second-order valence-corrected chi connectivity index (χ2v) is 9.25. The summed E-state index contributed by atoms with van der Waals surface area (Å²) in [6, 6.07) is 9.71. The van der Waals surface area contributed by atoms with Gasteiger partial charge in [-0.3, -0.25) is 0 Å². The van der Waals surface area contributed by atoms with Gasteiger partial charge in [0.15, 0.2) is 11.5 Å². The van der Waals surface area contributed by atoms with Crippen LogP contribution in [0.5, 0.6) is 11.5 Å². The average Bonchev–Trinajstić information content (AvgIpc) is 3.35. The minimum atomic E-state index is -0.864. The van der Waals surface area contributed by atoms with Crippen LogP contribution in [0.4, 0.5) is 5.69 Å². The summed E-state index contributed by atoms with van der Waals surface area (Å²) in [7, 11) is 3.30. The molecule has 0 amide bonds. The van der Waals surface area contributed by atoms with Crippen LogP contribution in [0.15, 0.2) is 34.8 Å². The van der Waals surface area contributed by atoms with Crippen molar-refractivity contribution in [3.05, 3.63) is 51.5 Å². The summed E-state index contributed by atoms with van der Waals surface area (Å²) in [5, 5.41) is 13.2. The molecule has 2 saturated carbocycles. The molecule has 1 aliphatic heterocycles. The monoisotopic (exact) mass is 457 g/mol.